The maximum Gasteiger partial charge on any atom is 0.433 e. The maximum absolute atomic E-state index is 13.6. The van der Waals surface area contributed by atoms with Gasteiger partial charge in [0.05, 0.1) is 17.7 Å². The van der Waals surface area contributed by atoms with Crippen LogP contribution in [0, 0.1) is 17.1 Å². The van der Waals surface area contributed by atoms with Crippen LogP contribution in [-0.2, 0) is 6.18 Å². The van der Waals surface area contributed by atoms with Crippen LogP contribution >= 0.6 is 0 Å². The summed E-state index contributed by atoms with van der Waals surface area (Å²) in [5.74, 6) is -0.513. The van der Waals surface area contributed by atoms with E-state index in [0.717, 1.165) is 18.3 Å². The number of nitriles is 1. The maximum atomic E-state index is 13.6. The number of nitrogens with zero attached hydrogens (tertiary/aromatic N) is 5. The minimum absolute atomic E-state index is 0.0105. The highest BCUT2D eigenvalue weighted by molar-refractivity contribution is 5.53. The predicted octanol–water partition coefficient (Wildman–Crippen LogP) is 3.22. The summed E-state index contributed by atoms with van der Waals surface area (Å²) < 4.78 is 52.1. The van der Waals surface area contributed by atoms with E-state index in [-0.39, 0.29) is 17.6 Å². The van der Waals surface area contributed by atoms with E-state index in [9.17, 15) is 17.6 Å². The Morgan fingerprint density at radius 3 is 2.77 bits per heavy atom. The van der Waals surface area contributed by atoms with Crippen molar-refractivity contribution < 1.29 is 17.6 Å². The molecule has 26 heavy (non-hydrogen) atoms. The van der Waals surface area contributed by atoms with Gasteiger partial charge in [-0.3, -0.25) is 0 Å². The molecule has 1 aromatic heterocycles. The van der Waals surface area contributed by atoms with E-state index in [1.165, 1.54) is 6.07 Å². The van der Waals surface area contributed by atoms with Crippen molar-refractivity contribution in [3.05, 3.63) is 47.5 Å². The molecule has 2 heterocycles. The Labute approximate surface area is 147 Å². The predicted molar refractivity (Wildman–Crippen MR) is 87.2 cm³/mol. The van der Waals surface area contributed by atoms with Crippen molar-refractivity contribution in [1.82, 2.24) is 9.97 Å². The van der Waals surface area contributed by atoms with Crippen LogP contribution in [0.2, 0.25) is 0 Å². The normalized spacial score (nSPS) is 17.2. The number of hydrogen-bond donors (Lipinski definition) is 0. The molecular formula is C17H15F4N5. The van der Waals surface area contributed by atoms with E-state index in [1.54, 1.807) is 18.0 Å². The van der Waals surface area contributed by atoms with Crippen molar-refractivity contribution in [1.29, 1.82) is 5.26 Å². The molecule has 3 rings (SSSR count). The molecule has 0 bridgehead atoms. The Morgan fingerprint density at radius 2 is 2.08 bits per heavy atom. The van der Waals surface area contributed by atoms with Gasteiger partial charge in [-0.15, -0.1) is 0 Å². The number of likely N-dealkylation sites (N-methyl/N-ethyl adjacent to an activating group) is 1. The van der Waals surface area contributed by atoms with Crippen molar-refractivity contribution in [2.45, 2.75) is 18.6 Å². The molecule has 1 aliphatic rings. The molecule has 1 aliphatic heterocycles. The van der Waals surface area contributed by atoms with Crippen LogP contribution in [0.4, 0.5) is 29.2 Å². The molecule has 1 unspecified atom stereocenters. The van der Waals surface area contributed by atoms with Crippen LogP contribution < -0.4 is 9.80 Å². The molecule has 136 valence electrons. The van der Waals surface area contributed by atoms with Crippen LogP contribution in [-0.4, -0.2) is 36.1 Å². The van der Waals surface area contributed by atoms with Crippen molar-refractivity contribution in [2.75, 3.05) is 29.9 Å². The Morgan fingerprint density at radius 1 is 1.31 bits per heavy atom. The summed E-state index contributed by atoms with van der Waals surface area (Å²) in [6.07, 6.45) is -2.80. The molecule has 0 aliphatic carbocycles. The van der Waals surface area contributed by atoms with Gasteiger partial charge in [0.2, 0.25) is 5.95 Å². The first-order valence-corrected chi connectivity index (χ1v) is 7.86. The molecule has 5 nitrogen and oxygen atoms in total. The number of alkyl halides is 3. The van der Waals surface area contributed by atoms with E-state index < -0.39 is 17.7 Å². The molecule has 0 saturated carbocycles. The van der Waals surface area contributed by atoms with Crippen LogP contribution in [0.15, 0.2) is 30.5 Å². The molecular weight excluding hydrogens is 350 g/mol. The molecule has 0 N–H and O–H groups in total. The van der Waals surface area contributed by atoms with E-state index in [4.69, 9.17) is 5.26 Å². The van der Waals surface area contributed by atoms with Gasteiger partial charge in [-0.25, -0.2) is 14.4 Å². The van der Waals surface area contributed by atoms with Crippen molar-refractivity contribution >= 4 is 11.6 Å². The lowest BCUT2D eigenvalue weighted by atomic mass is 10.2. The van der Waals surface area contributed by atoms with E-state index in [2.05, 4.69) is 9.97 Å². The quantitative estimate of drug-likeness (QED) is 0.782. The zero-order valence-electron chi connectivity index (χ0n) is 13.8. The van der Waals surface area contributed by atoms with Gasteiger partial charge in [0.15, 0.2) is 0 Å². The summed E-state index contributed by atoms with van der Waals surface area (Å²) >= 11 is 0. The van der Waals surface area contributed by atoms with Gasteiger partial charge in [-0.1, -0.05) is 0 Å². The third-order valence-corrected chi connectivity index (χ3v) is 4.34. The van der Waals surface area contributed by atoms with Gasteiger partial charge in [0, 0.05) is 32.0 Å². The minimum Gasteiger partial charge on any atom is -0.369 e. The zero-order chi connectivity index (χ0) is 18.9. The molecule has 0 spiro atoms. The minimum atomic E-state index is -4.53. The summed E-state index contributed by atoms with van der Waals surface area (Å²) in [7, 11) is 1.63. The topological polar surface area (TPSA) is 56.1 Å². The lowest BCUT2D eigenvalue weighted by Crippen LogP contribution is -2.36. The monoisotopic (exact) mass is 365 g/mol. The molecule has 9 heteroatoms. The standard InChI is InChI=1S/C17H15F4N5/c1-25(16-23-4-2-15(24-16)17(19,20)21)13-3-5-26(10-13)14-7-11(9-22)6-12(18)8-14/h2,4,6-8,13H,3,5,10H2,1H3. The number of rotatable bonds is 3. The SMILES string of the molecule is CN(c1nccc(C(F)(F)F)n1)C1CCN(c2cc(F)cc(C#N)c2)C1. The summed E-state index contributed by atoms with van der Waals surface area (Å²) in [5, 5.41) is 8.96. The Kier molecular flexibility index (Phi) is 4.68. The second kappa shape index (κ2) is 6.78. The smallest absolute Gasteiger partial charge is 0.369 e. The van der Waals surface area contributed by atoms with Crippen LogP contribution in [0.3, 0.4) is 0 Å². The highest BCUT2D eigenvalue weighted by Gasteiger charge is 2.34. The molecule has 1 atom stereocenters. The number of anilines is 2. The van der Waals surface area contributed by atoms with Crippen LogP contribution in [0.25, 0.3) is 0 Å². The Hall–Kier alpha value is -2.89. The summed E-state index contributed by atoms with van der Waals surface area (Å²) in [4.78, 5) is 11.0. The second-order valence-corrected chi connectivity index (χ2v) is 6.05. The first-order valence-electron chi connectivity index (χ1n) is 7.86. The van der Waals surface area contributed by atoms with Crippen molar-refractivity contribution in [2.24, 2.45) is 0 Å². The largest absolute Gasteiger partial charge is 0.433 e. The van der Waals surface area contributed by atoms with Gasteiger partial charge < -0.3 is 9.80 Å². The fraction of sp³-hybridized carbons (Fsp3) is 0.353. The van der Waals surface area contributed by atoms with E-state index in [1.807, 2.05) is 11.0 Å². The fourth-order valence-electron chi connectivity index (χ4n) is 2.95. The Balaban J connectivity index is 1.77. The third-order valence-electron chi connectivity index (χ3n) is 4.34. The van der Waals surface area contributed by atoms with Gasteiger partial charge in [-0.05, 0) is 30.7 Å². The number of benzene rings is 1. The first-order chi connectivity index (χ1) is 12.3. The van der Waals surface area contributed by atoms with Crippen LogP contribution in [0.1, 0.15) is 17.7 Å². The number of hydrogen-bond acceptors (Lipinski definition) is 5. The average Bonchev–Trinajstić information content (AvgIpc) is 3.10. The second-order valence-electron chi connectivity index (χ2n) is 6.05. The summed E-state index contributed by atoms with van der Waals surface area (Å²) in [6.45, 7) is 1.05. The highest BCUT2D eigenvalue weighted by Crippen LogP contribution is 2.29. The van der Waals surface area contributed by atoms with Crippen LogP contribution in [0.5, 0.6) is 0 Å². The van der Waals surface area contributed by atoms with E-state index >= 15 is 0 Å². The fourth-order valence-corrected chi connectivity index (χ4v) is 2.95. The van der Waals surface area contributed by atoms with Crippen molar-refractivity contribution in [3.63, 3.8) is 0 Å². The first kappa shape index (κ1) is 17.9. The molecule has 2 aromatic rings. The molecule has 1 fully saturated rings. The molecule has 0 amide bonds. The van der Waals surface area contributed by atoms with Gasteiger partial charge in [0.1, 0.15) is 11.5 Å². The number of aromatic nitrogens is 2. The molecule has 1 aromatic carbocycles. The highest BCUT2D eigenvalue weighted by atomic mass is 19.4. The zero-order valence-corrected chi connectivity index (χ0v) is 13.8. The van der Waals surface area contributed by atoms with Gasteiger partial charge in [0.25, 0.3) is 0 Å². The Bertz CT molecular complexity index is 846. The lowest BCUT2D eigenvalue weighted by Gasteiger charge is -2.26. The molecule has 1 saturated heterocycles. The van der Waals surface area contributed by atoms with E-state index in [0.29, 0.717) is 25.2 Å². The summed E-state index contributed by atoms with van der Waals surface area (Å²) in [5.41, 5.74) is -0.201. The number of halogens is 4. The van der Waals surface area contributed by atoms with Gasteiger partial charge in [-0.2, -0.15) is 18.4 Å². The lowest BCUT2D eigenvalue weighted by molar-refractivity contribution is -0.141. The summed E-state index contributed by atoms with van der Waals surface area (Å²) in [6, 6.07) is 6.68. The van der Waals surface area contributed by atoms with Gasteiger partial charge >= 0.3 is 6.18 Å². The average molecular weight is 365 g/mol. The molecule has 0 radical (unpaired) electrons. The third kappa shape index (κ3) is 3.69. The van der Waals surface area contributed by atoms with Crippen molar-refractivity contribution in [3.8, 4) is 6.07 Å².